The fourth-order valence-electron chi connectivity index (χ4n) is 3.25. The fourth-order valence-corrected chi connectivity index (χ4v) is 3.25. The third-order valence-electron chi connectivity index (χ3n) is 4.64. The minimum Gasteiger partial charge on any atom is -0.351 e. The summed E-state index contributed by atoms with van der Waals surface area (Å²) in [5, 5.41) is 3.24. The maximum atomic E-state index is 12.5. The standard InChI is InChI=1S/C18H28N2O/c1-18(2,12-11-14-7-4-3-5-8-14)20-17(21)16-10-6-9-15(16)13-19/h3-5,7-8,15-16H,6,9-13,19H2,1-2H3,(H,20,21). The molecule has 1 fully saturated rings. The molecule has 0 heterocycles. The molecule has 1 aromatic rings. The van der Waals surface area contributed by atoms with Crippen molar-refractivity contribution >= 4 is 5.91 Å². The van der Waals surface area contributed by atoms with Crippen molar-refractivity contribution < 1.29 is 4.79 Å². The van der Waals surface area contributed by atoms with Crippen molar-refractivity contribution in [1.82, 2.24) is 5.32 Å². The van der Waals surface area contributed by atoms with E-state index in [9.17, 15) is 4.79 Å². The highest BCUT2D eigenvalue weighted by atomic mass is 16.2. The van der Waals surface area contributed by atoms with Crippen molar-refractivity contribution in [3.8, 4) is 0 Å². The van der Waals surface area contributed by atoms with Gasteiger partial charge in [0.15, 0.2) is 0 Å². The first-order chi connectivity index (χ1) is 10.0. The Morgan fingerprint density at radius 2 is 2.00 bits per heavy atom. The van der Waals surface area contributed by atoms with E-state index in [4.69, 9.17) is 5.73 Å². The Morgan fingerprint density at radius 1 is 1.29 bits per heavy atom. The Hall–Kier alpha value is -1.35. The summed E-state index contributed by atoms with van der Waals surface area (Å²) < 4.78 is 0. The third kappa shape index (κ3) is 4.57. The van der Waals surface area contributed by atoms with Crippen LogP contribution in [0.15, 0.2) is 30.3 Å². The molecule has 21 heavy (non-hydrogen) atoms. The highest BCUT2D eigenvalue weighted by Crippen LogP contribution is 2.31. The first-order valence-corrected chi connectivity index (χ1v) is 8.08. The van der Waals surface area contributed by atoms with E-state index in [1.165, 1.54) is 5.56 Å². The molecule has 0 aliphatic heterocycles. The molecular formula is C18H28N2O. The van der Waals surface area contributed by atoms with Crippen LogP contribution in [-0.4, -0.2) is 18.0 Å². The van der Waals surface area contributed by atoms with E-state index < -0.39 is 0 Å². The molecule has 2 rings (SSSR count). The van der Waals surface area contributed by atoms with Gasteiger partial charge in [-0.2, -0.15) is 0 Å². The van der Waals surface area contributed by atoms with E-state index in [1.54, 1.807) is 0 Å². The Morgan fingerprint density at radius 3 is 2.67 bits per heavy atom. The lowest BCUT2D eigenvalue weighted by molar-refractivity contribution is -0.127. The van der Waals surface area contributed by atoms with Crippen LogP contribution in [0.3, 0.4) is 0 Å². The summed E-state index contributed by atoms with van der Waals surface area (Å²) in [6.07, 6.45) is 5.15. The van der Waals surface area contributed by atoms with Crippen molar-refractivity contribution in [2.45, 2.75) is 51.5 Å². The quantitative estimate of drug-likeness (QED) is 0.845. The van der Waals surface area contributed by atoms with Crippen molar-refractivity contribution in [3.63, 3.8) is 0 Å². The van der Waals surface area contributed by atoms with Crippen LogP contribution in [0, 0.1) is 11.8 Å². The predicted octanol–water partition coefficient (Wildman–Crippen LogP) is 2.89. The zero-order chi connectivity index (χ0) is 15.3. The van der Waals surface area contributed by atoms with E-state index in [0.29, 0.717) is 12.5 Å². The molecule has 3 nitrogen and oxygen atoms in total. The number of nitrogens with one attached hydrogen (secondary N) is 1. The second-order valence-electron chi connectivity index (χ2n) is 6.89. The van der Waals surface area contributed by atoms with Gasteiger partial charge in [0.2, 0.25) is 5.91 Å². The molecule has 0 saturated heterocycles. The zero-order valence-electron chi connectivity index (χ0n) is 13.3. The van der Waals surface area contributed by atoms with Gasteiger partial charge in [-0.25, -0.2) is 0 Å². The summed E-state index contributed by atoms with van der Waals surface area (Å²) in [5.74, 6) is 0.682. The number of nitrogens with two attached hydrogens (primary N) is 1. The Bertz CT molecular complexity index is 456. The summed E-state index contributed by atoms with van der Waals surface area (Å²) in [5.41, 5.74) is 6.93. The molecule has 1 saturated carbocycles. The molecule has 3 heteroatoms. The van der Waals surface area contributed by atoms with Crippen LogP contribution in [0.4, 0.5) is 0 Å². The third-order valence-corrected chi connectivity index (χ3v) is 4.64. The zero-order valence-corrected chi connectivity index (χ0v) is 13.3. The molecule has 2 unspecified atom stereocenters. The lowest BCUT2D eigenvalue weighted by Gasteiger charge is -2.29. The molecular weight excluding hydrogens is 260 g/mol. The molecule has 3 N–H and O–H groups in total. The number of hydrogen-bond donors (Lipinski definition) is 2. The number of carbonyl (C=O) groups excluding carboxylic acids is 1. The van der Waals surface area contributed by atoms with Gasteiger partial charge in [0, 0.05) is 11.5 Å². The molecule has 1 aromatic carbocycles. The number of amides is 1. The van der Waals surface area contributed by atoms with Crippen LogP contribution in [0.2, 0.25) is 0 Å². The van der Waals surface area contributed by atoms with Gasteiger partial charge < -0.3 is 11.1 Å². The average Bonchev–Trinajstić information content (AvgIpc) is 2.94. The van der Waals surface area contributed by atoms with Crippen LogP contribution in [-0.2, 0) is 11.2 Å². The van der Waals surface area contributed by atoms with Crippen molar-refractivity contribution in [2.24, 2.45) is 17.6 Å². The van der Waals surface area contributed by atoms with E-state index >= 15 is 0 Å². The summed E-state index contributed by atoms with van der Waals surface area (Å²) in [6, 6.07) is 10.4. The van der Waals surface area contributed by atoms with Crippen LogP contribution in [0.5, 0.6) is 0 Å². The van der Waals surface area contributed by atoms with Gasteiger partial charge in [0.05, 0.1) is 0 Å². The van der Waals surface area contributed by atoms with Crippen molar-refractivity contribution in [3.05, 3.63) is 35.9 Å². The number of aryl methyl sites for hydroxylation is 1. The molecule has 0 radical (unpaired) electrons. The molecule has 1 amide bonds. The predicted molar refractivity (Wildman–Crippen MR) is 86.9 cm³/mol. The molecule has 1 aliphatic rings. The van der Waals surface area contributed by atoms with Gasteiger partial charge in [-0.05, 0) is 57.6 Å². The number of rotatable bonds is 6. The number of benzene rings is 1. The SMILES string of the molecule is CC(C)(CCc1ccccc1)NC(=O)C1CCCC1CN. The van der Waals surface area contributed by atoms with Crippen LogP contribution < -0.4 is 11.1 Å². The highest BCUT2D eigenvalue weighted by molar-refractivity contribution is 5.80. The maximum Gasteiger partial charge on any atom is 0.223 e. The molecule has 116 valence electrons. The van der Waals surface area contributed by atoms with E-state index in [-0.39, 0.29) is 17.4 Å². The van der Waals surface area contributed by atoms with Crippen molar-refractivity contribution in [1.29, 1.82) is 0 Å². The molecule has 0 bridgehead atoms. The van der Waals surface area contributed by atoms with Crippen LogP contribution in [0.1, 0.15) is 45.1 Å². The van der Waals surface area contributed by atoms with Gasteiger partial charge in [-0.1, -0.05) is 36.8 Å². The van der Waals surface area contributed by atoms with Crippen LogP contribution in [0.25, 0.3) is 0 Å². The maximum absolute atomic E-state index is 12.5. The minimum atomic E-state index is -0.172. The summed E-state index contributed by atoms with van der Waals surface area (Å²) in [4.78, 5) is 12.5. The minimum absolute atomic E-state index is 0.117. The van der Waals surface area contributed by atoms with Gasteiger partial charge in [-0.15, -0.1) is 0 Å². The van der Waals surface area contributed by atoms with Gasteiger partial charge in [-0.3, -0.25) is 4.79 Å². The monoisotopic (exact) mass is 288 g/mol. The average molecular weight is 288 g/mol. The van der Waals surface area contributed by atoms with E-state index in [1.807, 2.05) is 6.07 Å². The second kappa shape index (κ2) is 7.08. The van der Waals surface area contributed by atoms with Gasteiger partial charge in [0.1, 0.15) is 0 Å². The van der Waals surface area contributed by atoms with Crippen LogP contribution >= 0.6 is 0 Å². The molecule has 0 spiro atoms. The summed E-state index contributed by atoms with van der Waals surface area (Å²) >= 11 is 0. The highest BCUT2D eigenvalue weighted by Gasteiger charge is 2.34. The largest absolute Gasteiger partial charge is 0.351 e. The number of carbonyl (C=O) groups is 1. The lowest BCUT2D eigenvalue weighted by atomic mass is 9.91. The van der Waals surface area contributed by atoms with E-state index in [0.717, 1.165) is 32.1 Å². The first-order valence-electron chi connectivity index (χ1n) is 8.08. The van der Waals surface area contributed by atoms with Crippen molar-refractivity contribution in [2.75, 3.05) is 6.54 Å². The normalized spacial score (nSPS) is 22.2. The van der Waals surface area contributed by atoms with Gasteiger partial charge in [0.25, 0.3) is 0 Å². The molecule has 0 aromatic heterocycles. The molecule has 1 aliphatic carbocycles. The second-order valence-corrected chi connectivity index (χ2v) is 6.89. The lowest BCUT2D eigenvalue weighted by Crippen LogP contribution is -2.47. The Kier molecular flexibility index (Phi) is 5.40. The first kappa shape index (κ1) is 16.0. The van der Waals surface area contributed by atoms with Gasteiger partial charge >= 0.3 is 0 Å². The Labute approximate surface area is 128 Å². The Balaban J connectivity index is 1.86. The molecule has 2 atom stereocenters. The van der Waals surface area contributed by atoms with E-state index in [2.05, 4.69) is 43.4 Å². The topological polar surface area (TPSA) is 55.1 Å². The number of hydrogen-bond acceptors (Lipinski definition) is 2. The smallest absolute Gasteiger partial charge is 0.223 e. The fraction of sp³-hybridized carbons (Fsp3) is 0.611. The summed E-state index contributed by atoms with van der Waals surface area (Å²) in [6.45, 7) is 4.85. The summed E-state index contributed by atoms with van der Waals surface area (Å²) in [7, 11) is 0.